The Bertz CT molecular complexity index is 1110. The lowest BCUT2D eigenvalue weighted by Gasteiger charge is -2.11. The summed E-state index contributed by atoms with van der Waals surface area (Å²) in [5.41, 5.74) is 0.290. The Hall–Kier alpha value is -3.19. The number of halogens is 1. The Kier molecular flexibility index (Phi) is 4.96. The maximum atomic E-state index is 12.4. The van der Waals surface area contributed by atoms with E-state index in [1.807, 2.05) is 0 Å². The van der Waals surface area contributed by atoms with Gasteiger partial charge in [-0.1, -0.05) is 11.6 Å². The number of anilines is 1. The van der Waals surface area contributed by atoms with Crippen LogP contribution in [0.15, 0.2) is 39.5 Å². The quantitative estimate of drug-likeness (QED) is 0.590. The van der Waals surface area contributed by atoms with Gasteiger partial charge in [0.25, 0.3) is 0 Å². The van der Waals surface area contributed by atoms with Gasteiger partial charge >= 0.3 is 5.63 Å². The van der Waals surface area contributed by atoms with Crippen molar-refractivity contribution >= 4 is 34.2 Å². The summed E-state index contributed by atoms with van der Waals surface area (Å²) in [5, 5.41) is 22.8. The summed E-state index contributed by atoms with van der Waals surface area (Å²) < 4.78 is 10.2. The first kappa shape index (κ1) is 18.6. The van der Waals surface area contributed by atoms with Crippen molar-refractivity contribution in [2.45, 2.75) is 13.3 Å². The van der Waals surface area contributed by atoms with Crippen LogP contribution in [0.5, 0.6) is 17.2 Å². The summed E-state index contributed by atoms with van der Waals surface area (Å²) in [7, 11) is 1.48. The van der Waals surface area contributed by atoms with E-state index in [0.717, 1.165) is 6.07 Å². The van der Waals surface area contributed by atoms with E-state index in [0.29, 0.717) is 22.0 Å². The molecular weight excluding hydrogens is 374 g/mol. The van der Waals surface area contributed by atoms with Gasteiger partial charge < -0.3 is 24.7 Å². The van der Waals surface area contributed by atoms with Crippen molar-refractivity contribution in [3.8, 4) is 17.2 Å². The molecular formula is C19H16ClNO6. The van der Waals surface area contributed by atoms with Gasteiger partial charge in [-0.3, -0.25) is 4.79 Å². The summed E-state index contributed by atoms with van der Waals surface area (Å²) in [4.78, 5) is 24.6. The number of benzene rings is 2. The number of aromatic hydroxyl groups is 2. The van der Waals surface area contributed by atoms with Crippen LogP contribution in [0.2, 0.25) is 5.02 Å². The molecule has 1 heterocycles. The molecule has 0 aliphatic carbocycles. The second kappa shape index (κ2) is 7.20. The smallest absolute Gasteiger partial charge is 0.340 e. The number of carbonyl (C=O) groups excluding carboxylic acids is 1. The highest BCUT2D eigenvalue weighted by Gasteiger charge is 2.18. The van der Waals surface area contributed by atoms with Gasteiger partial charge in [0.15, 0.2) is 0 Å². The molecule has 0 spiro atoms. The Labute approximate surface area is 158 Å². The molecule has 0 aliphatic heterocycles. The van der Waals surface area contributed by atoms with Gasteiger partial charge in [0, 0.05) is 17.8 Å². The molecule has 0 aliphatic rings. The van der Waals surface area contributed by atoms with E-state index in [4.69, 9.17) is 20.8 Å². The van der Waals surface area contributed by atoms with Gasteiger partial charge in [-0.2, -0.15) is 0 Å². The van der Waals surface area contributed by atoms with Crippen molar-refractivity contribution in [2.75, 3.05) is 12.4 Å². The van der Waals surface area contributed by atoms with E-state index < -0.39 is 11.5 Å². The predicted octanol–water partition coefficient (Wildman–Crippen LogP) is 3.36. The number of phenols is 2. The van der Waals surface area contributed by atoms with Crippen LogP contribution in [0.1, 0.15) is 11.1 Å². The minimum absolute atomic E-state index is 0.0427. The van der Waals surface area contributed by atoms with Crippen molar-refractivity contribution in [3.63, 3.8) is 0 Å². The number of phenolic OH excluding ortho intramolecular Hbond substituents is 2. The third-order valence-corrected chi connectivity index (χ3v) is 4.41. The highest BCUT2D eigenvalue weighted by Crippen LogP contribution is 2.32. The van der Waals surface area contributed by atoms with Gasteiger partial charge in [0.05, 0.1) is 29.5 Å². The molecule has 1 amide bonds. The van der Waals surface area contributed by atoms with Gasteiger partial charge in [0.1, 0.15) is 22.8 Å². The topological polar surface area (TPSA) is 109 Å². The number of methoxy groups -OCH3 is 1. The van der Waals surface area contributed by atoms with Crippen LogP contribution in [0.25, 0.3) is 11.0 Å². The number of fused-ring (bicyclic) bond motifs is 1. The molecule has 27 heavy (non-hydrogen) atoms. The summed E-state index contributed by atoms with van der Waals surface area (Å²) in [6.45, 7) is 1.60. The van der Waals surface area contributed by atoms with Crippen molar-refractivity contribution in [1.82, 2.24) is 0 Å². The highest BCUT2D eigenvalue weighted by molar-refractivity contribution is 6.32. The molecule has 0 bridgehead atoms. The van der Waals surface area contributed by atoms with Crippen LogP contribution in [0.3, 0.4) is 0 Å². The molecule has 140 valence electrons. The van der Waals surface area contributed by atoms with Gasteiger partial charge in [-0.15, -0.1) is 0 Å². The molecule has 0 saturated carbocycles. The third-order valence-electron chi connectivity index (χ3n) is 4.12. The summed E-state index contributed by atoms with van der Waals surface area (Å²) in [6, 6.07) is 7.12. The third kappa shape index (κ3) is 3.68. The van der Waals surface area contributed by atoms with E-state index in [2.05, 4.69) is 5.32 Å². The van der Waals surface area contributed by atoms with E-state index in [1.165, 1.54) is 19.2 Å². The molecule has 0 unspecified atom stereocenters. The number of nitrogens with one attached hydrogen (secondary N) is 1. The van der Waals surface area contributed by atoms with Crippen LogP contribution in [0.4, 0.5) is 5.69 Å². The molecule has 0 radical (unpaired) electrons. The highest BCUT2D eigenvalue weighted by atomic mass is 35.5. The fourth-order valence-electron chi connectivity index (χ4n) is 2.82. The number of amides is 1. The molecule has 7 nitrogen and oxygen atoms in total. The van der Waals surface area contributed by atoms with Gasteiger partial charge in [0.2, 0.25) is 5.91 Å². The summed E-state index contributed by atoms with van der Waals surface area (Å²) >= 11 is 6.03. The Morgan fingerprint density at radius 1 is 1.26 bits per heavy atom. The average Bonchev–Trinajstić information content (AvgIpc) is 2.58. The van der Waals surface area contributed by atoms with Gasteiger partial charge in [-0.05, 0) is 30.7 Å². The van der Waals surface area contributed by atoms with Crippen LogP contribution in [-0.4, -0.2) is 23.2 Å². The van der Waals surface area contributed by atoms with E-state index in [-0.39, 0.29) is 34.5 Å². The number of ether oxygens (including phenoxy) is 1. The average molecular weight is 390 g/mol. The van der Waals surface area contributed by atoms with Crippen molar-refractivity contribution in [2.24, 2.45) is 0 Å². The van der Waals surface area contributed by atoms with Crippen molar-refractivity contribution < 1.29 is 24.2 Å². The minimum atomic E-state index is -0.715. The first-order valence-electron chi connectivity index (χ1n) is 7.91. The zero-order valence-corrected chi connectivity index (χ0v) is 15.3. The Morgan fingerprint density at radius 3 is 2.67 bits per heavy atom. The van der Waals surface area contributed by atoms with E-state index >= 15 is 0 Å². The largest absolute Gasteiger partial charge is 0.508 e. The molecule has 0 atom stereocenters. The van der Waals surface area contributed by atoms with Crippen molar-refractivity contribution in [1.29, 1.82) is 0 Å². The number of hydrogen-bond acceptors (Lipinski definition) is 6. The van der Waals surface area contributed by atoms with Crippen LogP contribution in [0, 0.1) is 6.92 Å². The van der Waals surface area contributed by atoms with Crippen LogP contribution in [-0.2, 0) is 11.2 Å². The number of aryl methyl sites for hydroxylation is 1. The van der Waals surface area contributed by atoms with Gasteiger partial charge in [-0.25, -0.2) is 4.79 Å². The van der Waals surface area contributed by atoms with E-state index in [9.17, 15) is 19.8 Å². The fraction of sp³-hybridized carbons (Fsp3) is 0.158. The summed E-state index contributed by atoms with van der Waals surface area (Å²) in [6.07, 6.45) is -0.256. The molecule has 8 heteroatoms. The monoisotopic (exact) mass is 389 g/mol. The second-order valence-electron chi connectivity index (χ2n) is 5.91. The molecule has 3 aromatic rings. The maximum Gasteiger partial charge on any atom is 0.340 e. The molecule has 1 aromatic heterocycles. The zero-order valence-electron chi connectivity index (χ0n) is 14.5. The number of rotatable bonds is 4. The number of carbonyl (C=O) groups is 1. The van der Waals surface area contributed by atoms with Crippen molar-refractivity contribution in [3.05, 3.63) is 56.9 Å². The second-order valence-corrected chi connectivity index (χ2v) is 6.31. The minimum Gasteiger partial charge on any atom is -0.508 e. The maximum absolute atomic E-state index is 12.4. The molecule has 2 aromatic carbocycles. The SMILES string of the molecule is COc1ccc(NC(=O)Cc2c(C)c3c(O)cc(O)cc3oc2=O)cc1Cl. The molecule has 0 fully saturated rings. The zero-order chi connectivity index (χ0) is 19.7. The lowest BCUT2D eigenvalue weighted by atomic mass is 10.0. The Balaban J connectivity index is 1.91. The molecule has 0 saturated heterocycles. The standard InChI is InChI=1S/C19H16ClNO6/c1-9-12(19(25)27-16-7-11(22)6-14(23)18(9)16)8-17(24)21-10-3-4-15(26-2)13(20)5-10/h3-7,22-23H,8H2,1-2H3,(H,21,24). The van der Waals surface area contributed by atoms with Crippen LogP contribution < -0.4 is 15.7 Å². The van der Waals surface area contributed by atoms with E-state index in [1.54, 1.807) is 19.1 Å². The Morgan fingerprint density at radius 2 is 2.00 bits per heavy atom. The first-order valence-corrected chi connectivity index (χ1v) is 8.29. The molecule has 3 N–H and O–H groups in total. The number of hydrogen-bond donors (Lipinski definition) is 3. The molecule has 3 rings (SSSR count). The summed E-state index contributed by atoms with van der Waals surface area (Å²) in [5.74, 6) is -0.456. The predicted molar refractivity (Wildman–Crippen MR) is 101 cm³/mol. The fourth-order valence-corrected chi connectivity index (χ4v) is 3.08. The normalized spacial score (nSPS) is 10.8. The first-order chi connectivity index (χ1) is 12.8. The van der Waals surface area contributed by atoms with Crippen LogP contribution >= 0.6 is 11.6 Å². The lowest BCUT2D eigenvalue weighted by Crippen LogP contribution is -2.20. The lowest BCUT2D eigenvalue weighted by molar-refractivity contribution is -0.115.